The predicted molar refractivity (Wildman–Crippen MR) is 152 cm³/mol. The number of amides is 1. The van der Waals surface area contributed by atoms with Crippen LogP contribution in [-0.2, 0) is 19.1 Å². The molecule has 1 amide bonds. The molecule has 9 heteroatoms. The summed E-state index contributed by atoms with van der Waals surface area (Å²) in [5.41, 5.74) is 8.73. The van der Waals surface area contributed by atoms with Gasteiger partial charge in [-0.15, -0.1) is 0 Å². The molecule has 7 nitrogen and oxygen atoms in total. The quantitative estimate of drug-likeness (QED) is 0.306. The molecular weight excluding hydrogens is 516 g/mol. The number of halogens is 2. The molecule has 0 aromatic carbocycles. The summed E-state index contributed by atoms with van der Waals surface area (Å²) in [6.45, 7) is 9.75. The van der Waals surface area contributed by atoms with E-state index >= 15 is 0 Å². The lowest BCUT2D eigenvalue weighted by atomic mass is 9.87. The van der Waals surface area contributed by atoms with Crippen LogP contribution in [0.3, 0.4) is 0 Å². The topological polar surface area (TPSA) is 85.1 Å². The average molecular weight is 562 g/mol. The third-order valence-electron chi connectivity index (χ3n) is 7.77. The molecule has 222 valence electrons. The van der Waals surface area contributed by atoms with Gasteiger partial charge in [0.15, 0.2) is 0 Å². The largest absolute Gasteiger partial charge is 0.462 e. The van der Waals surface area contributed by atoms with E-state index in [1.54, 1.807) is 13.0 Å². The van der Waals surface area contributed by atoms with Crippen LogP contribution in [0.1, 0.15) is 73.1 Å². The van der Waals surface area contributed by atoms with E-state index in [0.29, 0.717) is 38.8 Å². The summed E-state index contributed by atoms with van der Waals surface area (Å²) in [5.74, 6) is -1.30. The number of nitrogens with two attached hydrogens (primary N) is 1. The van der Waals surface area contributed by atoms with E-state index < -0.39 is 12.3 Å². The summed E-state index contributed by atoms with van der Waals surface area (Å²) < 4.78 is 40.6. The molecule has 5 atom stereocenters. The van der Waals surface area contributed by atoms with Crippen molar-refractivity contribution in [3.05, 3.63) is 58.9 Å². The van der Waals surface area contributed by atoms with Crippen molar-refractivity contribution in [2.75, 3.05) is 19.7 Å². The molecule has 0 spiro atoms. The van der Waals surface area contributed by atoms with Crippen molar-refractivity contribution < 1.29 is 27.8 Å². The Kier molecular flexibility index (Phi) is 11.7. The summed E-state index contributed by atoms with van der Waals surface area (Å²) in [6, 6.07) is -0.656. The van der Waals surface area contributed by atoms with Crippen LogP contribution in [0.2, 0.25) is 0 Å². The first-order chi connectivity index (χ1) is 19.0. The van der Waals surface area contributed by atoms with Crippen molar-refractivity contribution in [1.29, 1.82) is 0 Å². The third kappa shape index (κ3) is 8.36. The van der Waals surface area contributed by atoms with Crippen LogP contribution in [0.25, 0.3) is 0 Å². The maximum absolute atomic E-state index is 14.9. The highest BCUT2D eigenvalue weighted by Crippen LogP contribution is 2.37. The molecule has 0 bridgehead atoms. The summed E-state index contributed by atoms with van der Waals surface area (Å²) in [6.07, 6.45) is 11.1. The Morgan fingerprint density at radius 2 is 2.02 bits per heavy atom. The lowest BCUT2D eigenvalue weighted by molar-refractivity contribution is -0.160. The molecule has 3 heterocycles. The molecule has 2 N–H and O–H groups in total. The van der Waals surface area contributed by atoms with Crippen molar-refractivity contribution in [2.45, 2.75) is 97.6 Å². The van der Waals surface area contributed by atoms with Gasteiger partial charge in [0.05, 0.1) is 18.5 Å². The van der Waals surface area contributed by atoms with Crippen LogP contribution in [0.15, 0.2) is 58.9 Å². The van der Waals surface area contributed by atoms with E-state index in [1.165, 1.54) is 32.1 Å². The third-order valence-corrected chi connectivity index (χ3v) is 7.77. The van der Waals surface area contributed by atoms with Gasteiger partial charge in [-0.2, -0.15) is 0 Å². The Bertz CT molecular complexity index is 1070. The number of hydrogen-bond donors (Lipinski definition) is 1. The molecule has 3 aliphatic rings. The van der Waals surface area contributed by atoms with Gasteiger partial charge in [-0.1, -0.05) is 26.0 Å². The van der Waals surface area contributed by atoms with Gasteiger partial charge in [-0.05, 0) is 74.8 Å². The van der Waals surface area contributed by atoms with E-state index in [-0.39, 0.29) is 48.1 Å². The van der Waals surface area contributed by atoms with Gasteiger partial charge in [0.25, 0.3) is 0 Å². The summed E-state index contributed by atoms with van der Waals surface area (Å²) in [7, 11) is 0. The van der Waals surface area contributed by atoms with Crippen molar-refractivity contribution in [3.63, 3.8) is 0 Å². The van der Waals surface area contributed by atoms with Crippen molar-refractivity contribution >= 4 is 11.9 Å². The molecule has 5 unspecified atom stereocenters. The Morgan fingerprint density at radius 1 is 1.27 bits per heavy atom. The minimum absolute atomic E-state index is 0.0580. The van der Waals surface area contributed by atoms with Gasteiger partial charge in [-0.3, -0.25) is 9.59 Å². The maximum atomic E-state index is 14.9. The van der Waals surface area contributed by atoms with E-state index in [9.17, 15) is 18.4 Å². The van der Waals surface area contributed by atoms with Crippen LogP contribution in [0, 0.1) is 5.92 Å². The first-order valence-electron chi connectivity index (χ1n) is 14.4. The van der Waals surface area contributed by atoms with E-state index in [1.807, 2.05) is 29.7 Å². The second kappa shape index (κ2) is 14.7. The first-order valence-corrected chi connectivity index (χ1v) is 14.4. The molecule has 2 saturated heterocycles. The molecule has 0 aromatic heterocycles. The van der Waals surface area contributed by atoms with Gasteiger partial charge >= 0.3 is 5.97 Å². The van der Waals surface area contributed by atoms with E-state index in [0.717, 1.165) is 29.7 Å². The standard InChI is InChI=1S/C31H45F2N3O4/c1-6-24(11-10-21(3)32)30-28(18-26-8-7-15-35(26)31(38)22(4)34)20(2)9-12-25(33)13-16-36(30)29-19-27(14-17-39-29)40-23(5)37/h9-13,20,22,26-27,29H,6-8,14-19,34H2,1-5H3/b12-9-,21-10+,24-11+,25-13+,30-28-. The van der Waals surface area contributed by atoms with Crippen LogP contribution in [0.5, 0.6) is 0 Å². The molecule has 0 radical (unpaired) electrons. The van der Waals surface area contributed by atoms with Crippen LogP contribution >= 0.6 is 0 Å². The average Bonchev–Trinajstić information content (AvgIpc) is 3.38. The number of hydrogen-bond acceptors (Lipinski definition) is 6. The number of ether oxygens (including phenoxy) is 2. The van der Waals surface area contributed by atoms with E-state index in [2.05, 4.69) is 0 Å². The molecule has 0 aromatic rings. The molecule has 40 heavy (non-hydrogen) atoms. The summed E-state index contributed by atoms with van der Waals surface area (Å²) in [4.78, 5) is 28.6. The maximum Gasteiger partial charge on any atom is 0.302 e. The number of likely N-dealkylation sites (tertiary alicyclic amines) is 1. The minimum atomic E-state index is -0.598. The highest BCUT2D eigenvalue weighted by atomic mass is 19.1. The Morgan fingerprint density at radius 3 is 2.67 bits per heavy atom. The predicted octanol–water partition coefficient (Wildman–Crippen LogP) is 5.61. The van der Waals surface area contributed by atoms with Crippen molar-refractivity contribution in [3.8, 4) is 0 Å². The van der Waals surface area contributed by atoms with Crippen LogP contribution < -0.4 is 5.73 Å². The first kappa shape index (κ1) is 31.7. The molecule has 3 aliphatic heterocycles. The van der Waals surface area contributed by atoms with Crippen LogP contribution in [-0.4, -0.2) is 65.8 Å². The Balaban J connectivity index is 2.18. The fourth-order valence-corrected chi connectivity index (χ4v) is 5.77. The minimum Gasteiger partial charge on any atom is -0.462 e. The number of carbonyl (C=O) groups excluding carboxylic acids is 2. The lowest BCUT2D eigenvalue weighted by Crippen LogP contribution is -2.46. The normalized spacial score (nSPS) is 31.6. The SMILES string of the molecule is CCC(=C\C=C(/C)F)/C1=C(\CC2CCCN2C(=O)C(C)N)C(C)/C=C\C(F)=C/CN1C1CC(OC(C)=O)CCO1. The number of allylic oxidation sites excluding steroid dienone is 7. The van der Waals surface area contributed by atoms with Gasteiger partial charge in [0, 0.05) is 44.6 Å². The molecule has 0 saturated carbocycles. The molecule has 0 aliphatic carbocycles. The number of rotatable bonds is 8. The zero-order chi connectivity index (χ0) is 29.4. The smallest absolute Gasteiger partial charge is 0.302 e. The van der Waals surface area contributed by atoms with E-state index in [4.69, 9.17) is 15.2 Å². The molecular formula is C31H45F2N3O4. The van der Waals surface area contributed by atoms with Gasteiger partial charge < -0.3 is 25.0 Å². The highest BCUT2D eigenvalue weighted by Gasteiger charge is 2.36. The van der Waals surface area contributed by atoms with Gasteiger partial charge in [0.1, 0.15) is 18.2 Å². The zero-order valence-corrected chi connectivity index (χ0v) is 24.5. The fourth-order valence-electron chi connectivity index (χ4n) is 5.77. The summed E-state index contributed by atoms with van der Waals surface area (Å²) in [5, 5.41) is 0. The second-order valence-electron chi connectivity index (χ2n) is 11.0. The van der Waals surface area contributed by atoms with Gasteiger partial charge in [0.2, 0.25) is 5.91 Å². The molecule has 2 fully saturated rings. The highest BCUT2D eigenvalue weighted by molar-refractivity contribution is 5.81. The zero-order valence-electron chi connectivity index (χ0n) is 24.5. The Labute approximate surface area is 237 Å². The Hall–Kier alpha value is -2.78. The second-order valence-corrected chi connectivity index (χ2v) is 11.0. The number of carbonyl (C=O) groups is 2. The number of nitrogens with zero attached hydrogens (tertiary/aromatic N) is 2. The fraction of sp³-hybridized carbons (Fsp3) is 0.613. The number of esters is 1. The lowest BCUT2D eigenvalue weighted by Gasteiger charge is -2.41. The summed E-state index contributed by atoms with van der Waals surface area (Å²) >= 11 is 0. The molecule has 3 rings (SSSR count). The van der Waals surface area contributed by atoms with Gasteiger partial charge in [-0.25, -0.2) is 8.78 Å². The van der Waals surface area contributed by atoms with Crippen LogP contribution in [0.4, 0.5) is 8.78 Å². The monoisotopic (exact) mass is 561 g/mol. The van der Waals surface area contributed by atoms with Crippen molar-refractivity contribution in [2.24, 2.45) is 11.7 Å². The van der Waals surface area contributed by atoms with Crippen molar-refractivity contribution in [1.82, 2.24) is 9.80 Å².